The predicted molar refractivity (Wildman–Crippen MR) is 253 cm³/mol. The molecule has 9 nitrogen and oxygen atoms in total. The first-order chi connectivity index (χ1) is 30.9. The van der Waals surface area contributed by atoms with Crippen LogP contribution < -0.4 is 11.1 Å². The number of nitrogens with zero attached hydrogens (tertiary/aromatic N) is 5. The summed E-state index contributed by atoms with van der Waals surface area (Å²) in [4.78, 5) is 13.7. The first-order valence-electron chi connectivity index (χ1n) is 22.7. The number of hydrogen-bond donors (Lipinski definition) is 2. The molecule has 2 aliphatic heterocycles. The zero-order valence-corrected chi connectivity index (χ0v) is 37.7. The van der Waals surface area contributed by atoms with Gasteiger partial charge in [-0.1, -0.05) is 84.9 Å². The Morgan fingerprint density at radius 3 is 1.87 bits per heavy atom. The number of rotatable bonds is 14. The number of unbranched alkanes of at least 4 members (excludes halogenated alkanes) is 1. The maximum atomic E-state index is 13.1. The summed E-state index contributed by atoms with van der Waals surface area (Å²) >= 11 is 1.87. The average molecular weight is 878 g/mol. The molecule has 0 fully saturated rings. The summed E-state index contributed by atoms with van der Waals surface area (Å²) in [6.45, 7) is 6.41. The smallest absolute Gasteiger partial charge is 0.243 e. The van der Waals surface area contributed by atoms with E-state index >= 15 is 0 Å². The standard InChI is InChI=1S/C28H34N4S.C24H25N3O2S/c29-16-3-4-18-31(27-11-5-9-23-10-6-17-30-28(23)27)19-22-12-14-26(15-13-22)33-32-20-24-7-1-2-8-25(24)21-32;28-30(29,27-16-20-5-1-2-6-21(20)17-27)22-12-10-18(11-13-22)15-26-23-9-3-7-19-8-4-14-25-24(19)23/h1-2,6-8,10,12-15,17,27H,3-5,9,11,16,18-21,29H2;1-2,4-6,8,10-14,23,26H,3,7,9,15-17H2. The molecule has 4 aliphatic rings. The van der Waals surface area contributed by atoms with Crippen LogP contribution in [0.2, 0.25) is 0 Å². The number of fused-ring (bicyclic) bond motifs is 4. The summed E-state index contributed by atoms with van der Waals surface area (Å²) in [7, 11) is -3.50. The Hall–Kier alpha value is -4.72. The summed E-state index contributed by atoms with van der Waals surface area (Å²) in [6, 6.07) is 42.3. The van der Waals surface area contributed by atoms with Crippen molar-refractivity contribution in [2.24, 2.45) is 5.73 Å². The molecule has 10 rings (SSSR count). The van der Waals surface area contributed by atoms with Crippen molar-refractivity contribution >= 4 is 22.0 Å². The molecule has 63 heavy (non-hydrogen) atoms. The van der Waals surface area contributed by atoms with Gasteiger partial charge in [0.1, 0.15) is 0 Å². The number of nitrogens with one attached hydrogen (secondary N) is 1. The van der Waals surface area contributed by atoms with E-state index in [4.69, 9.17) is 10.7 Å². The van der Waals surface area contributed by atoms with Gasteiger partial charge in [0.15, 0.2) is 0 Å². The lowest BCUT2D eigenvalue weighted by molar-refractivity contribution is 0.163. The minimum absolute atomic E-state index is 0.251. The Kier molecular flexibility index (Phi) is 14.1. The van der Waals surface area contributed by atoms with Crippen LogP contribution in [0.25, 0.3) is 0 Å². The Morgan fingerprint density at radius 1 is 0.651 bits per heavy atom. The van der Waals surface area contributed by atoms with Gasteiger partial charge in [0.05, 0.1) is 28.4 Å². The van der Waals surface area contributed by atoms with Gasteiger partial charge >= 0.3 is 0 Å². The van der Waals surface area contributed by atoms with Gasteiger partial charge in [-0.15, -0.1) is 0 Å². The highest BCUT2D eigenvalue weighted by Gasteiger charge is 2.31. The van der Waals surface area contributed by atoms with E-state index in [9.17, 15) is 8.42 Å². The molecule has 2 unspecified atom stereocenters. The fourth-order valence-electron chi connectivity index (χ4n) is 9.60. The second-order valence-corrected chi connectivity index (χ2v) is 20.4. The quantitative estimate of drug-likeness (QED) is 0.0818. The topological polar surface area (TPSA) is 108 Å². The van der Waals surface area contributed by atoms with Gasteiger partial charge in [-0.05, 0) is 157 Å². The van der Waals surface area contributed by atoms with Crippen molar-refractivity contribution in [2.75, 3.05) is 13.1 Å². The normalized spacial score (nSPS) is 18.3. The lowest BCUT2D eigenvalue weighted by Crippen LogP contribution is -2.32. The molecule has 2 atom stereocenters. The van der Waals surface area contributed by atoms with E-state index < -0.39 is 10.0 Å². The first-order valence-corrected chi connectivity index (χ1v) is 24.9. The third-order valence-corrected chi connectivity index (χ3v) is 15.8. The number of benzene rings is 4. The Labute approximate surface area is 378 Å². The second-order valence-electron chi connectivity index (χ2n) is 17.3. The number of pyridine rings is 2. The molecular formula is C52H59N7O2S2. The van der Waals surface area contributed by atoms with E-state index in [2.05, 4.69) is 86.2 Å². The van der Waals surface area contributed by atoms with Gasteiger partial charge in [0, 0.05) is 56.6 Å². The summed E-state index contributed by atoms with van der Waals surface area (Å²) in [5.74, 6) is 0. The van der Waals surface area contributed by atoms with E-state index in [1.807, 2.05) is 66.8 Å². The number of nitrogens with two attached hydrogens (primary N) is 1. The van der Waals surface area contributed by atoms with Crippen LogP contribution >= 0.6 is 11.9 Å². The van der Waals surface area contributed by atoms with Gasteiger partial charge in [-0.25, -0.2) is 12.7 Å². The van der Waals surface area contributed by atoms with Gasteiger partial charge in [0.2, 0.25) is 10.0 Å². The van der Waals surface area contributed by atoms with Crippen molar-refractivity contribution in [1.29, 1.82) is 0 Å². The van der Waals surface area contributed by atoms with E-state index in [0.717, 1.165) is 93.6 Å². The van der Waals surface area contributed by atoms with Crippen LogP contribution in [0.5, 0.6) is 0 Å². The molecule has 11 heteroatoms. The minimum Gasteiger partial charge on any atom is -0.330 e. The summed E-state index contributed by atoms with van der Waals surface area (Å²) in [5, 5.41) is 3.60. The molecule has 0 saturated carbocycles. The molecule has 6 aromatic rings. The lowest BCUT2D eigenvalue weighted by Gasteiger charge is -2.35. The molecule has 0 spiro atoms. The number of aromatic nitrogens is 2. The molecule has 0 radical (unpaired) electrons. The van der Waals surface area contributed by atoms with Crippen LogP contribution in [-0.4, -0.2) is 45.0 Å². The second kappa shape index (κ2) is 20.4. The summed E-state index contributed by atoms with van der Waals surface area (Å²) < 4.78 is 30.1. The molecule has 0 bridgehead atoms. The molecule has 2 aromatic heterocycles. The van der Waals surface area contributed by atoms with Gasteiger partial charge < -0.3 is 11.1 Å². The molecule has 4 aromatic carbocycles. The van der Waals surface area contributed by atoms with Gasteiger partial charge in [-0.3, -0.25) is 14.9 Å². The van der Waals surface area contributed by atoms with Crippen molar-refractivity contribution in [2.45, 2.75) is 113 Å². The zero-order chi connectivity index (χ0) is 43.0. The highest BCUT2D eigenvalue weighted by Crippen LogP contribution is 2.36. The molecule has 0 saturated heterocycles. The summed E-state index contributed by atoms with van der Waals surface area (Å²) in [6.07, 6.45) is 12.9. The zero-order valence-electron chi connectivity index (χ0n) is 36.1. The number of aryl methyl sites for hydroxylation is 2. The van der Waals surface area contributed by atoms with Crippen molar-refractivity contribution in [3.8, 4) is 0 Å². The van der Waals surface area contributed by atoms with Crippen LogP contribution in [0.3, 0.4) is 0 Å². The fourth-order valence-corrected chi connectivity index (χ4v) is 12.0. The molecule has 0 amide bonds. The SMILES string of the molecule is NCCCCN(Cc1ccc(SN2Cc3ccccc3C2)cc1)C1CCCc2cccnc21.O=S(=O)(c1ccc(CNC2CCCc3cccnc32)cc1)N1Cc2ccccc2C1. The van der Waals surface area contributed by atoms with E-state index in [1.165, 1.54) is 51.2 Å². The van der Waals surface area contributed by atoms with Crippen molar-refractivity contribution < 1.29 is 8.42 Å². The Balaban J connectivity index is 0.000000161. The van der Waals surface area contributed by atoms with E-state index in [-0.39, 0.29) is 6.04 Å². The van der Waals surface area contributed by atoms with Crippen LogP contribution in [0.4, 0.5) is 0 Å². The third-order valence-electron chi connectivity index (χ3n) is 13.0. The molecule has 2 aliphatic carbocycles. The van der Waals surface area contributed by atoms with E-state index in [0.29, 0.717) is 30.6 Å². The highest BCUT2D eigenvalue weighted by atomic mass is 32.2. The Bertz CT molecular complexity index is 2520. The fraction of sp³-hybridized carbons (Fsp3) is 0.346. The largest absolute Gasteiger partial charge is 0.330 e. The van der Waals surface area contributed by atoms with Crippen molar-refractivity contribution in [3.63, 3.8) is 0 Å². The van der Waals surface area contributed by atoms with Crippen molar-refractivity contribution in [1.82, 2.24) is 28.8 Å². The average Bonchev–Trinajstić information content (AvgIpc) is 3.96. The highest BCUT2D eigenvalue weighted by molar-refractivity contribution is 7.97. The number of hydrogen-bond acceptors (Lipinski definition) is 9. The molecule has 4 heterocycles. The van der Waals surface area contributed by atoms with Crippen LogP contribution in [0.15, 0.2) is 144 Å². The monoisotopic (exact) mass is 877 g/mol. The third kappa shape index (κ3) is 10.5. The molecule has 3 N–H and O–H groups in total. The lowest BCUT2D eigenvalue weighted by atomic mass is 9.90. The molecular weight excluding hydrogens is 819 g/mol. The van der Waals surface area contributed by atoms with Crippen LogP contribution in [0, 0.1) is 0 Å². The van der Waals surface area contributed by atoms with E-state index in [1.54, 1.807) is 16.4 Å². The summed E-state index contributed by atoms with van der Waals surface area (Å²) in [5.41, 5.74) is 18.5. The number of sulfonamides is 1. The molecule has 326 valence electrons. The maximum Gasteiger partial charge on any atom is 0.243 e. The van der Waals surface area contributed by atoms with Crippen molar-refractivity contribution in [3.05, 3.63) is 190 Å². The minimum atomic E-state index is -3.50. The predicted octanol–water partition coefficient (Wildman–Crippen LogP) is 9.68. The van der Waals surface area contributed by atoms with Crippen LogP contribution in [-0.2, 0) is 62.1 Å². The Morgan fingerprint density at radius 2 is 1.22 bits per heavy atom. The first kappa shape index (κ1) is 43.5. The maximum absolute atomic E-state index is 13.1. The van der Waals surface area contributed by atoms with Gasteiger partial charge in [-0.2, -0.15) is 4.31 Å². The van der Waals surface area contributed by atoms with Crippen LogP contribution in [0.1, 0.15) is 107 Å². The van der Waals surface area contributed by atoms with Gasteiger partial charge in [0.25, 0.3) is 0 Å².